The van der Waals surface area contributed by atoms with E-state index in [4.69, 9.17) is 0 Å². The van der Waals surface area contributed by atoms with E-state index in [1.165, 1.54) is 38.2 Å². The number of hydrogen-bond acceptors (Lipinski definition) is 2. The van der Waals surface area contributed by atoms with Gasteiger partial charge in [-0.2, -0.15) is 0 Å². The fourth-order valence-corrected chi connectivity index (χ4v) is 4.65. The minimum atomic E-state index is 0. The van der Waals surface area contributed by atoms with E-state index in [9.17, 15) is 0 Å². The number of hydrogen-bond donors (Lipinski definition) is 0. The number of fused-ring (bicyclic) bond motifs is 3. The molecular formula is C35H30IrN2-2. The summed E-state index contributed by atoms with van der Waals surface area (Å²) >= 11 is 0. The molecule has 6 rings (SSSR count). The molecule has 0 saturated carbocycles. The van der Waals surface area contributed by atoms with E-state index in [-0.39, 0.29) is 20.1 Å². The van der Waals surface area contributed by atoms with E-state index in [0.717, 1.165) is 22.5 Å². The standard InChI is InChI=1S/C24H22N.C11H8N.Ir/c1-15(2)18-11-12-25-24(14-18)19-9-10-22-21-8-6-5-7-20(21)16(3)17(4)23(22)13-19;1-2-6-10(7-3-1)11-8-4-5-9-12-11;/h5-8,10-15H,1-4H3;1-6,8-9H;/q2*-1;. The second-order valence-electron chi connectivity index (χ2n) is 9.59. The zero-order valence-corrected chi connectivity index (χ0v) is 24.5. The molecule has 2 aromatic heterocycles. The monoisotopic (exact) mass is 671 g/mol. The van der Waals surface area contributed by atoms with E-state index in [0.29, 0.717) is 5.92 Å². The predicted octanol–water partition coefficient (Wildman–Crippen LogP) is 9.14. The number of aryl methyl sites for hydroxylation is 2. The van der Waals surface area contributed by atoms with Gasteiger partial charge in [0.25, 0.3) is 0 Å². The van der Waals surface area contributed by atoms with Gasteiger partial charge in [0, 0.05) is 32.5 Å². The summed E-state index contributed by atoms with van der Waals surface area (Å²) < 4.78 is 0. The Labute approximate surface area is 239 Å². The van der Waals surface area contributed by atoms with Crippen molar-refractivity contribution in [3.63, 3.8) is 0 Å². The Hall–Kier alpha value is -3.65. The van der Waals surface area contributed by atoms with Gasteiger partial charge in [-0.25, -0.2) is 0 Å². The third kappa shape index (κ3) is 5.75. The number of rotatable bonds is 3. The van der Waals surface area contributed by atoms with Gasteiger partial charge < -0.3 is 9.97 Å². The Morgan fingerprint density at radius 3 is 2.03 bits per heavy atom. The summed E-state index contributed by atoms with van der Waals surface area (Å²) in [4.78, 5) is 8.80. The Balaban J connectivity index is 0.000000218. The topological polar surface area (TPSA) is 25.8 Å². The molecule has 0 bridgehead atoms. The van der Waals surface area contributed by atoms with Gasteiger partial charge >= 0.3 is 0 Å². The molecule has 0 aliphatic rings. The number of benzene rings is 4. The second-order valence-corrected chi connectivity index (χ2v) is 9.59. The molecule has 0 atom stereocenters. The zero-order valence-electron chi connectivity index (χ0n) is 22.1. The maximum atomic E-state index is 4.58. The third-order valence-electron chi connectivity index (χ3n) is 6.92. The summed E-state index contributed by atoms with van der Waals surface area (Å²) in [7, 11) is 0. The van der Waals surface area contributed by atoms with Gasteiger partial charge in [-0.15, -0.1) is 59.7 Å². The van der Waals surface area contributed by atoms with Crippen LogP contribution in [0, 0.1) is 26.0 Å². The quantitative estimate of drug-likeness (QED) is 0.139. The molecule has 0 fully saturated rings. The molecule has 0 saturated heterocycles. The van der Waals surface area contributed by atoms with Crippen molar-refractivity contribution in [3.8, 4) is 22.5 Å². The Morgan fingerprint density at radius 1 is 0.605 bits per heavy atom. The molecule has 0 aliphatic carbocycles. The molecule has 0 amide bonds. The smallest absolute Gasteiger partial charge is 0.0163 e. The summed E-state index contributed by atoms with van der Waals surface area (Å²) in [5.74, 6) is 0.495. The molecule has 0 N–H and O–H groups in total. The number of nitrogens with zero attached hydrogens (tertiary/aromatic N) is 2. The predicted molar refractivity (Wildman–Crippen MR) is 156 cm³/mol. The van der Waals surface area contributed by atoms with Crippen LogP contribution < -0.4 is 0 Å². The molecule has 4 aromatic carbocycles. The van der Waals surface area contributed by atoms with Gasteiger partial charge in [0.1, 0.15) is 0 Å². The molecule has 2 nitrogen and oxygen atoms in total. The van der Waals surface area contributed by atoms with E-state index in [1.807, 2.05) is 48.7 Å². The molecule has 3 heteroatoms. The molecule has 0 aliphatic heterocycles. The van der Waals surface area contributed by atoms with Crippen LogP contribution in [0.5, 0.6) is 0 Å². The minimum Gasteiger partial charge on any atom is -0.305 e. The van der Waals surface area contributed by atoms with E-state index < -0.39 is 0 Å². The van der Waals surface area contributed by atoms with Crippen molar-refractivity contribution in [2.24, 2.45) is 0 Å². The zero-order chi connectivity index (χ0) is 25.8. The van der Waals surface area contributed by atoms with Crippen molar-refractivity contribution < 1.29 is 20.1 Å². The Bertz CT molecular complexity index is 1620. The fourth-order valence-electron chi connectivity index (χ4n) is 4.65. The Morgan fingerprint density at radius 2 is 1.32 bits per heavy atom. The first-order chi connectivity index (χ1) is 18.0. The van der Waals surface area contributed by atoms with Crippen molar-refractivity contribution in [1.82, 2.24) is 9.97 Å². The van der Waals surface area contributed by atoms with Gasteiger partial charge in [0.15, 0.2) is 0 Å². The first-order valence-corrected chi connectivity index (χ1v) is 12.7. The normalized spacial score (nSPS) is 10.7. The van der Waals surface area contributed by atoms with Crippen LogP contribution >= 0.6 is 0 Å². The van der Waals surface area contributed by atoms with Crippen LogP contribution in [0.2, 0.25) is 0 Å². The molecular weight excluding hydrogens is 641 g/mol. The fraction of sp³-hybridized carbons (Fsp3) is 0.143. The summed E-state index contributed by atoms with van der Waals surface area (Å²) in [6.45, 7) is 8.85. The van der Waals surface area contributed by atoms with Crippen LogP contribution in [-0.4, -0.2) is 9.97 Å². The number of pyridine rings is 2. The van der Waals surface area contributed by atoms with Gasteiger partial charge in [0.2, 0.25) is 0 Å². The van der Waals surface area contributed by atoms with Crippen LogP contribution in [0.1, 0.15) is 36.5 Å². The molecule has 0 spiro atoms. The maximum Gasteiger partial charge on any atom is 0.0163 e. The summed E-state index contributed by atoms with van der Waals surface area (Å²) in [5.41, 5.74) is 8.07. The van der Waals surface area contributed by atoms with Crippen molar-refractivity contribution in [1.29, 1.82) is 0 Å². The van der Waals surface area contributed by atoms with Crippen molar-refractivity contribution >= 4 is 21.5 Å². The van der Waals surface area contributed by atoms with Crippen molar-refractivity contribution in [2.45, 2.75) is 33.6 Å². The summed E-state index contributed by atoms with van der Waals surface area (Å²) in [6.07, 6.45) is 3.69. The van der Waals surface area contributed by atoms with Gasteiger partial charge in [-0.05, 0) is 54.2 Å². The van der Waals surface area contributed by atoms with Crippen molar-refractivity contribution in [2.75, 3.05) is 0 Å². The summed E-state index contributed by atoms with van der Waals surface area (Å²) in [5, 5.41) is 5.19. The molecule has 0 unspecified atom stereocenters. The van der Waals surface area contributed by atoms with Crippen LogP contribution in [0.3, 0.4) is 0 Å². The van der Waals surface area contributed by atoms with Crippen LogP contribution in [0.15, 0.2) is 103 Å². The van der Waals surface area contributed by atoms with Crippen LogP contribution in [0.25, 0.3) is 44.1 Å². The number of aromatic nitrogens is 2. The Kier molecular flexibility index (Phi) is 8.84. The largest absolute Gasteiger partial charge is 0.305 e. The average Bonchev–Trinajstić information content (AvgIpc) is 2.97. The van der Waals surface area contributed by atoms with E-state index >= 15 is 0 Å². The first-order valence-electron chi connectivity index (χ1n) is 12.7. The van der Waals surface area contributed by atoms with Crippen LogP contribution in [0.4, 0.5) is 0 Å². The molecule has 2 heterocycles. The molecule has 191 valence electrons. The minimum absolute atomic E-state index is 0. The third-order valence-corrected chi connectivity index (χ3v) is 6.92. The first kappa shape index (κ1) is 27.4. The summed E-state index contributed by atoms with van der Waals surface area (Å²) in [6, 6.07) is 37.6. The average molecular weight is 671 g/mol. The second kappa shape index (κ2) is 12.3. The van der Waals surface area contributed by atoms with E-state index in [1.54, 1.807) is 6.20 Å². The van der Waals surface area contributed by atoms with Gasteiger partial charge in [-0.3, -0.25) is 0 Å². The van der Waals surface area contributed by atoms with Gasteiger partial charge in [-0.1, -0.05) is 83.6 Å². The molecule has 38 heavy (non-hydrogen) atoms. The van der Waals surface area contributed by atoms with Crippen LogP contribution in [-0.2, 0) is 20.1 Å². The van der Waals surface area contributed by atoms with Gasteiger partial charge in [0.05, 0.1) is 0 Å². The molecule has 6 aromatic rings. The maximum absolute atomic E-state index is 4.58. The van der Waals surface area contributed by atoms with Crippen molar-refractivity contribution in [3.05, 3.63) is 132 Å². The van der Waals surface area contributed by atoms with E-state index in [2.05, 4.69) is 98.3 Å². The molecule has 1 radical (unpaired) electrons. The SMILES string of the molecule is Cc1c(C)c2ccccc2c2c[c-]c(-c3cc(C(C)C)ccn3)cc12.[Ir].[c-]1ccccc1-c1ccccn1.